The Kier molecular flexibility index (Phi) is 3.60. The van der Waals surface area contributed by atoms with Crippen LogP contribution in [0.5, 0.6) is 0 Å². The summed E-state index contributed by atoms with van der Waals surface area (Å²) in [7, 11) is 0. The normalized spacial score (nSPS) is 17.9. The highest BCUT2D eigenvalue weighted by molar-refractivity contribution is 5.38. The Morgan fingerprint density at radius 1 is 1.32 bits per heavy atom. The van der Waals surface area contributed by atoms with Gasteiger partial charge in [0.2, 0.25) is 0 Å². The largest absolute Gasteiger partial charge is 0.377 e. The van der Waals surface area contributed by atoms with Crippen molar-refractivity contribution in [2.24, 2.45) is 5.92 Å². The maximum atomic E-state index is 13.9. The summed E-state index contributed by atoms with van der Waals surface area (Å²) in [6.45, 7) is 4.23. The number of nitrogens with zero attached hydrogens (tertiary/aromatic N) is 1. The first-order valence-corrected chi connectivity index (χ1v) is 6.37. The molecule has 1 aliphatic heterocycles. The Bertz CT molecular complexity index is 484. The number of alkyl halides is 2. The second-order valence-corrected chi connectivity index (χ2v) is 5.57. The highest BCUT2D eigenvalue weighted by atomic mass is 19.3. The Balaban J connectivity index is 2.22. The molecular weight excluding hydrogens is 248 g/mol. The third kappa shape index (κ3) is 2.62. The summed E-state index contributed by atoms with van der Waals surface area (Å²) in [4.78, 5) is 0. The molecule has 19 heavy (non-hydrogen) atoms. The molecule has 1 aliphatic rings. The molecule has 0 aromatic heterocycles. The number of hydrogen-bond donors (Lipinski definition) is 0. The van der Waals surface area contributed by atoms with Crippen molar-refractivity contribution in [2.45, 2.75) is 31.6 Å². The predicted octanol–water partition coefficient (Wildman–Crippen LogP) is 3.62. The smallest absolute Gasteiger partial charge is 0.273 e. The van der Waals surface area contributed by atoms with Crippen molar-refractivity contribution in [3.8, 4) is 6.07 Å². The van der Waals surface area contributed by atoms with Crippen molar-refractivity contribution in [3.05, 3.63) is 35.4 Å². The van der Waals surface area contributed by atoms with E-state index in [4.69, 9.17) is 10.00 Å². The fourth-order valence-corrected chi connectivity index (χ4v) is 2.27. The van der Waals surface area contributed by atoms with Crippen LogP contribution in [-0.4, -0.2) is 13.2 Å². The van der Waals surface area contributed by atoms with Crippen LogP contribution in [0.1, 0.15) is 31.4 Å². The van der Waals surface area contributed by atoms with Gasteiger partial charge in [-0.05, 0) is 11.5 Å². The minimum atomic E-state index is -2.82. The van der Waals surface area contributed by atoms with Crippen LogP contribution >= 0.6 is 0 Å². The molecule has 0 spiro atoms. The highest BCUT2D eigenvalue weighted by Crippen LogP contribution is 2.37. The molecule has 1 aromatic carbocycles. The SMILES string of the molecule is CC(C)CC(F)(F)c1ccc(C2(C#N)COC2)cc1. The van der Waals surface area contributed by atoms with E-state index >= 15 is 0 Å². The molecule has 102 valence electrons. The molecular formula is C15H17F2NO. The topological polar surface area (TPSA) is 33.0 Å². The highest BCUT2D eigenvalue weighted by Gasteiger charge is 2.41. The van der Waals surface area contributed by atoms with Crippen LogP contribution in [-0.2, 0) is 16.1 Å². The number of hydrogen-bond acceptors (Lipinski definition) is 2. The molecule has 1 saturated heterocycles. The summed E-state index contributed by atoms with van der Waals surface area (Å²) in [6, 6.07) is 8.30. The Labute approximate surface area is 112 Å². The van der Waals surface area contributed by atoms with Crippen molar-refractivity contribution in [1.82, 2.24) is 0 Å². The fourth-order valence-electron chi connectivity index (χ4n) is 2.27. The molecule has 2 nitrogen and oxygen atoms in total. The first-order chi connectivity index (χ1) is 8.89. The number of ether oxygens (including phenoxy) is 1. The van der Waals surface area contributed by atoms with Crippen molar-refractivity contribution in [2.75, 3.05) is 13.2 Å². The summed E-state index contributed by atoms with van der Waals surface area (Å²) in [5, 5.41) is 9.16. The van der Waals surface area contributed by atoms with Crippen LogP contribution in [0.15, 0.2) is 24.3 Å². The van der Waals surface area contributed by atoms with Crippen molar-refractivity contribution >= 4 is 0 Å². The van der Waals surface area contributed by atoms with Crippen LogP contribution in [0.4, 0.5) is 8.78 Å². The molecule has 4 heteroatoms. The zero-order valence-electron chi connectivity index (χ0n) is 11.1. The minimum Gasteiger partial charge on any atom is -0.377 e. The molecule has 2 rings (SSSR count). The summed E-state index contributed by atoms with van der Waals surface area (Å²) in [5.41, 5.74) is 0.120. The van der Waals surface area contributed by atoms with Gasteiger partial charge in [0, 0.05) is 12.0 Å². The van der Waals surface area contributed by atoms with Gasteiger partial charge in [-0.2, -0.15) is 5.26 Å². The Morgan fingerprint density at radius 2 is 1.89 bits per heavy atom. The lowest BCUT2D eigenvalue weighted by atomic mass is 9.79. The van der Waals surface area contributed by atoms with E-state index in [0.29, 0.717) is 13.2 Å². The average molecular weight is 265 g/mol. The standard InChI is InChI=1S/C15H17F2NO/c1-11(2)7-15(16,17)13-5-3-12(4-6-13)14(8-18)9-19-10-14/h3-6,11H,7,9-10H2,1-2H3. The lowest BCUT2D eigenvalue weighted by Crippen LogP contribution is -2.45. The van der Waals surface area contributed by atoms with Crippen LogP contribution in [0.3, 0.4) is 0 Å². The van der Waals surface area contributed by atoms with Crippen LogP contribution in [0.25, 0.3) is 0 Å². The monoisotopic (exact) mass is 265 g/mol. The fraction of sp³-hybridized carbons (Fsp3) is 0.533. The number of rotatable bonds is 4. The molecule has 0 unspecified atom stereocenters. The Morgan fingerprint density at radius 3 is 2.26 bits per heavy atom. The van der Waals surface area contributed by atoms with Gasteiger partial charge in [-0.3, -0.25) is 0 Å². The molecule has 0 N–H and O–H groups in total. The molecule has 0 saturated carbocycles. The first kappa shape index (κ1) is 14.0. The van der Waals surface area contributed by atoms with Crippen molar-refractivity contribution in [3.63, 3.8) is 0 Å². The number of nitriles is 1. The first-order valence-electron chi connectivity index (χ1n) is 6.37. The van der Waals surface area contributed by atoms with E-state index in [1.807, 2.05) is 0 Å². The van der Waals surface area contributed by atoms with E-state index in [1.165, 1.54) is 12.1 Å². The second-order valence-electron chi connectivity index (χ2n) is 5.57. The van der Waals surface area contributed by atoms with E-state index in [9.17, 15) is 8.78 Å². The van der Waals surface area contributed by atoms with E-state index in [2.05, 4.69) is 6.07 Å². The van der Waals surface area contributed by atoms with Gasteiger partial charge >= 0.3 is 0 Å². The van der Waals surface area contributed by atoms with Gasteiger partial charge in [-0.25, -0.2) is 8.78 Å². The average Bonchev–Trinajstić information content (AvgIpc) is 2.27. The van der Waals surface area contributed by atoms with Crippen LogP contribution < -0.4 is 0 Å². The molecule has 0 radical (unpaired) electrons. The molecule has 1 heterocycles. The molecule has 1 fully saturated rings. The lowest BCUT2D eigenvalue weighted by Gasteiger charge is -2.35. The molecule has 0 amide bonds. The lowest BCUT2D eigenvalue weighted by molar-refractivity contribution is -0.0306. The molecule has 0 atom stereocenters. The quantitative estimate of drug-likeness (QED) is 0.833. The Hall–Kier alpha value is -1.47. The third-order valence-electron chi connectivity index (χ3n) is 3.44. The van der Waals surface area contributed by atoms with Gasteiger partial charge in [0.1, 0.15) is 5.41 Å². The minimum absolute atomic E-state index is 0.0123. The summed E-state index contributed by atoms with van der Waals surface area (Å²) in [5.74, 6) is -2.89. The summed E-state index contributed by atoms with van der Waals surface area (Å²) >= 11 is 0. The maximum absolute atomic E-state index is 13.9. The van der Waals surface area contributed by atoms with Gasteiger partial charge in [-0.1, -0.05) is 38.1 Å². The predicted molar refractivity (Wildman–Crippen MR) is 67.9 cm³/mol. The zero-order chi connectivity index (χ0) is 14.1. The molecule has 0 bridgehead atoms. The van der Waals surface area contributed by atoms with Gasteiger partial charge in [0.05, 0.1) is 19.3 Å². The molecule has 1 aromatic rings. The van der Waals surface area contributed by atoms with Gasteiger partial charge in [-0.15, -0.1) is 0 Å². The van der Waals surface area contributed by atoms with Crippen LogP contribution in [0.2, 0.25) is 0 Å². The van der Waals surface area contributed by atoms with E-state index in [1.54, 1.807) is 26.0 Å². The maximum Gasteiger partial charge on any atom is 0.273 e. The van der Waals surface area contributed by atoms with Crippen LogP contribution in [0, 0.1) is 17.2 Å². The van der Waals surface area contributed by atoms with E-state index in [-0.39, 0.29) is 17.9 Å². The number of benzene rings is 1. The summed E-state index contributed by atoms with van der Waals surface area (Å²) in [6.07, 6.45) is -0.168. The van der Waals surface area contributed by atoms with Crippen molar-refractivity contribution < 1.29 is 13.5 Å². The van der Waals surface area contributed by atoms with Gasteiger partial charge < -0.3 is 4.74 Å². The number of halogens is 2. The van der Waals surface area contributed by atoms with E-state index < -0.39 is 11.3 Å². The van der Waals surface area contributed by atoms with Gasteiger partial charge in [0.15, 0.2) is 0 Å². The van der Waals surface area contributed by atoms with Crippen molar-refractivity contribution in [1.29, 1.82) is 5.26 Å². The summed E-state index contributed by atoms with van der Waals surface area (Å²) < 4.78 is 32.9. The second kappa shape index (κ2) is 4.90. The molecule has 0 aliphatic carbocycles. The zero-order valence-corrected chi connectivity index (χ0v) is 11.1. The van der Waals surface area contributed by atoms with E-state index in [0.717, 1.165) is 5.56 Å². The third-order valence-corrected chi connectivity index (χ3v) is 3.44. The van der Waals surface area contributed by atoms with Gasteiger partial charge in [0.25, 0.3) is 5.92 Å².